The Morgan fingerprint density at radius 3 is 3.00 bits per heavy atom. The fourth-order valence-corrected chi connectivity index (χ4v) is 4.78. The number of aryl methyl sites for hydroxylation is 1. The van der Waals surface area contributed by atoms with Crippen molar-refractivity contribution in [3.63, 3.8) is 0 Å². The highest BCUT2D eigenvalue weighted by Crippen LogP contribution is 2.38. The zero-order valence-corrected chi connectivity index (χ0v) is 15.2. The fourth-order valence-electron chi connectivity index (χ4n) is 3.96. The topological polar surface area (TPSA) is 36.9 Å². The van der Waals surface area contributed by atoms with Gasteiger partial charge in [0.15, 0.2) is 0 Å². The Bertz CT molecular complexity index is 1060. The summed E-state index contributed by atoms with van der Waals surface area (Å²) in [5, 5.41) is 13.0. The van der Waals surface area contributed by atoms with Crippen LogP contribution in [0.25, 0.3) is 27.7 Å². The lowest BCUT2D eigenvalue weighted by Gasteiger charge is -2.24. The second-order valence-corrected chi connectivity index (χ2v) is 7.67. The van der Waals surface area contributed by atoms with Crippen molar-refractivity contribution in [3.05, 3.63) is 58.2 Å². The molecule has 0 spiro atoms. The van der Waals surface area contributed by atoms with Crippen molar-refractivity contribution in [2.24, 2.45) is 0 Å². The van der Waals surface area contributed by atoms with Gasteiger partial charge in [-0.25, -0.2) is 0 Å². The zero-order chi connectivity index (χ0) is 17.0. The van der Waals surface area contributed by atoms with E-state index in [9.17, 15) is 0 Å². The molecule has 0 atom stereocenters. The van der Waals surface area contributed by atoms with E-state index < -0.39 is 0 Å². The number of fused-ring (bicyclic) bond motifs is 3. The van der Waals surface area contributed by atoms with Gasteiger partial charge >= 0.3 is 0 Å². The molecular weight excluding hydrogens is 328 g/mol. The number of aromatic nitrogens is 3. The molecule has 0 radical (unpaired) electrons. The Balaban J connectivity index is 1.82. The number of hydrogen-bond acceptors (Lipinski definition) is 3. The molecule has 4 aromatic rings. The zero-order valence-electron chi connectivity index (χ0n) is 14.4. The summed E-state index contributed by atoms with van der Waals surface area (Å²) in [7, 11) is 2.21. The van der Waals surface area contributed by atoms with Crippen molar-refractivity contribution in [2.75, 3.05) is 13.6 Å². The van der Waals surface area contributed by atoms with E-state index in [-0.39, 0.29) is 0 Å². The van der Waals surface area contributed by atoms with E-state index in [1.165, 1.54) is 39.0 Å². The third-order valence-corrected chi connectivity index (χ3v) is 5.92. The van der Waals surface area contributed by atoms with Crippen LogP contribution >= 0.6 is 11.3 Å². The summed E-state index contributed by atoms with van der Waals surface area (Å²) in [6, 6.07) is 6.84. The molecule has 1 aromatic carbocycles. The molecule has 0 saturated carbocycles. The number of benzene rings is 1. The van der Waals surface area contributed by atoms with E-state index in [0.717, 1.165) is 25.1 Å². The molecule has 0 unspecified atom stereocenters. The van der Waals surface area contributed by atoms with Gasteiger partial charge in [0.2, 0.25) is 0 Å². The van der Waals surface area contributed by atoms with Gasteiger partial charge in [0.25, 0.3) is 0 Å². The Labute approximate surface area is 150 Å². The van der Waals surface area contributed by atoms with Crippen molar-refractivity contribution in [2.45, 2.75) is 19.9 Å². The number of nitrogens with zero attached hydrogens (tertiary/aromatic N) is 3. The molecule has 25 heavy (non-hydrogen) atoms. The van der Waals surface area contributed by atoms with Gasteiger partial charge < -0.3 is 9.47 Å². The first kappa shape index (κ1) is 14.9. The maximum atomic E-state index is 4.14. The highest BCUT2D eigenvalue weighted by Gasteiger charge is 2.24. The average molecular weight is 348 g/mol. The fraction of sp³-hybridized carbons (Fsp3) is 0.250. The Morgan fingerprint density at radius 2 is 2.16 bits per heavy atom. The smallest absolute Gasteiger partial charge is 0.0645 e. The molecule has 3 aromatic heterocycles. The number of hydrogen-bond donors (Lipinski definition) is 1. The molecular formula is C20H20N4S. The molecule has 4 nitrogen and oxygen atoms in total. The molecule has 5 heteroatoms. The number of thiophene rings is 1. The lowest BCUT2D eigenvalue weighted by molar-refractivity contribution is 0.311. The second-order valence-electron chi connectivity index (χ2n) is 6.93. The molecule has 1 aliphatic heterocycles. The van der Waals surface area contributed by atoms with Crippen molar-refractivity contribution >= 4 is 22.2 Å². The second kappa shape index (κ2) is 5.58. The van der Waals surface area contributed by atoms with Gasteiger partial charge in [0, 0.05) is 58.7 Å². The summed E-state index contributed by atoms with van der Waals surface area (Å²) in [6.07, 6.45) is 4.96. The maximum absolute atomic E-state index is 4.14. The molecule has 5 rings (SSSR count). The molecule has 4 heterocycles. The largest absolute Gasteiger partial charge is 0.312 e. The van der Waals surface area contributed by atoms with E-state index in [4.69, 9.17) is 0 Å². The Kier molecular flexibility index (Phi) is 3.33. The summed E-state index contributed by atoms with van der Waals surface area (Å²) >= 11 is 1.75. The number of aromatic amines is 1. The first-order valence-corrected chi connectivity index (χ1v) is 9.54. The summed E-state index contributed by atoms with van der Waals surface area (Å²) in [6.45, 7) is 4.30. The van der Waals surface area contributed by atoms with Crippen LogP contribution in [0.5, 0.6) is 0 Å². The van der Waals surface area contributed by atoms with Crippen LogP contribution in [0.3, 0.4) is 0 Å². The van der Waals surface area contributed by atoms with Gasteiger partial charge in [-0.3, -0.25) is 5.10 Å². The molecule has 126 valence electrons. The van der Waals surface area contributed by atoms with Gasteiger partial charge in [0.05, 0.1) is 17.4 Å². The first-order chi connectivity index (χ1) is 12.2. The minimum absolute atomic E-state index is 1.02. The molecule has 0 aliphatic carbocycles. The standard InChI is InChI=1S/C20H20N4S/c1-13-3-4-18-15(7-13)16-10-23(2)6-5-19(16)24(18)20-12-25-11-17(20)14-8-21-22-9-14/h3-4,7-9,11-12H,5-6,10H2,1-2H3,(H,21,22). The van der Waals surface area contributed by atoms with Crippen LogP contribution in [0.4, 0.5) is 0 Å². The van der Waals surface area contributed by atoms with Crippen LogP contribution < -0.4 is 0 Å². The number of likely N-dealkylation sites (N-methyl/N-ethyl adjacent to an activating group) is 1. The average Bonchev–Trinajstić information content (AvgIpc) is 3.32. The van der Waals surface area contributed by atoms with E-state index >= 15 is 0 Å². The Hall–Kier alpha value is -2.37. The Morgan fingerprint density at radius 1 is 1.24 bits per heavy atom. The molecule has 1 N–H and O–H groups in total. The van der Waals surface area contributed by atoms with E-state index in [1.54, 1.807) is 11.3 Å². The number of nitrogens with one attached hydrogen (secondary N) is 1. The molecule has 0 bridgehead atoms. The molecule has 1 aliphatic rings. The van der Waals surface area contributed by atoms with E-state index in [2.05, 4.69) is 62.6 Å². The lowest BCUT2D eigenvalue weighted by Crippen LogP contribution is -2.27. The minimum atomic E-state index is 1.02. The van der Waals surface area contributed by atoms with Gasteiger partial charge in [-0.1, -0.05) is 11.6 Å². The molecule has 0 fully saturated rings. The molecule has 0 saturated heterocycles. The number of H-pyrrole nitrogens is 1. The normalized spacial score (nSPS) is 15.0. The van der Waals surface area contributed by atoms with E-state index in [0.29, 0.717) is 0 Å². The van der Waals surface area contributed by atoms with Gasteiger partial charge in [-0.05, 0) is 31.7 Å². The van der Waals surface area contributed by atoms with Crippen molar-refractivity contribution in [1.29, 1.82) is 0 Å². The predicted molar refractivity (Wildman–Crippen MR) is 104 cm³/mol. The maximum Gasteiger partial charge on any atom is 0.0645 e. The van der Waals surface area contributed by atoms with Crippen molar-refractivity contribution in [3.8, 4) is 16.8 Å². The van der Waals surface area contributed by atoms with Crippen LogP contribution in [-0.2, 0) is 13.0 Å². The monoisotopic (exact) mass is 348 g/mol. The van der Waals surface area contributed by atoms with Gasteiger partial charge in [0.1, 0.15) is 0 Å². The summed E-state index contributed by atoms with van der Waals surface area (Å²) in [5.74, 6) is 0. The first-order valence-electron chi connectivity index (χ1n) is 8.59. The lowest BCUT2D eigenvalue weighted by atomic mass is 10.0. The van der Waals surface area contributed by atoms with Gasteiger partial charge in [-0.15, -0.1) is 11.3 Å². The summed E-state index contributed by atoms with van der Waals surface area (Å²) < 4.78 is 2.48. The highest BCUT2D eigenvalue weighted by molar-refractivity contribution is 7.08. The van der Waals surface area contributed by atoms with E-state index in [1.807, 2.05) is 12.4 Å². The van der Waals surface area contributed by atoms with Crippen LogP contribution in [0.15, 0.2) is 41.4 Å². The highest BCUT2D eigenvalue weighted by atomic mass is 32.1. The third kappa shape index (κ3) is 2.27. The quantitative estimate of drug-likeness (QED) is 0.584. The van der Waals surface area contributed by atoms with Crippen LogP contribution in [0.1, 0.15) is 16.8 Å². The third-order valence-electron chi connectivity index (χ3n) is 5.19. The van der Waals surface area contributed by atoms with Crippen molar-refractivity contribution in [1.82, 2.24) is 19.7 Å². The van der Waals surface area contributed by atoms with Gasteiger partial charge in [-0.2, -0.15) is 5.10 Å². The SMILES string of the molecule is Cc1ccc2c(c1)c1c(n2-c2cscc2-c2cn[nH]c2)CCN(C)C1. The van der Waals surface area contributed by atoms with Crippen molar-refractivity contribution < 1.29 is 0 Å². The predicted octanol–water partition coefficient (Wildman–Crippen LogP) is 4.38. The minimum Gasteiger partial charge on any atom is -0.312 e. The molecule has 0 amide bonds. The summed E-state index contributed by atoms with van der Waals surface area (Å²) in [5.41, 5.74) is 9.24. The summed E-state index contributed by atoms with van der Waals surface area (Å²) in [4.78, 5) is 2.42. The van der Waals surface area contributed by atoms with Crippen LogP contribution in [0.2, 0.25) is 0 Å². The van der Waals surface area contributed by atoms with Crippen LogP contribution in [0, 0.1) is 6.92 Å². The van der Waals surface area contributed by atoms with Crippen LogP contribution in [-0.4, -0.2) is 33.3 Å². The number of rotatable bonds is 2.